The predicted molar refractivity (Wildman–Crippen MR) is 60.0 cm³/mol. The fourth-order valence-corrected chi connectivity index (χ4v) is 1.61. The summed E-state index contributed by atoms with van der Waals surface area (Å²) in [6.07, 6.45) is -3.44. The van der Waals surface area contributed by atoms with Crippen molar-refractivity contribution in [1.82, 2.24) is 0 Å². The molecule has 0 N–H and O–H groups in total. The molecule has 3 nitrogen and oxygen atoms in total. The molecule has 0 aliphatic heterocycles. The quantitative estimate of drug-likeness (QED) is 0.798. The number of carbonyl (C=O) groups is 1. The first-order chi connectivity index (χ1) is 8.87. The minimum atomic E-state index is -4.78. The number of ether oxygens (including phenoxy) is 1. The number of benzene rings is 1. The molecule has 1 heterocycles. The third-order valence-electron chi connectivity index (χ3n) is 2.43. The van der Waals surface area contributed by atoms with Crippen LogP contribution in [0.3, 0.4) is 0 Å². The van der Waals surface area contributed by atoms with E-state index in [1.54, 1.807) is 6.92 Å². The zero-order valence-corrected chi connectivity index (χ0v) is 9.82. The van der Waals surface area contributed by atoms with Crippen molar-refractivity contribution in [1.29, 1.82) is 0 Å². The zero-order valence-electron chi connectivity index (χ0n) is 9.82. The van der Waals surface area contributed by atoms with Gasteiger partial charge in [0.25, 0.3) is 0 Å². The maximum atomic E-state index is 12.1. The highest BCUT2D eigenvalue weighted by Crippen LogP contribution is 2.24. The largest absolute Gasteiger partial charge is 0.573 e. The van der Waals surface area contributed by atoms with Crippen molar-refractivity contribution in [3.8, 4) is 5.75 Å². The number of rotatable bonds is 3. The van der Waals surface area contributed by atoms with Gasteiger partial charge in [0.05, 0.1) is 11.8 Å². The van der Waals surface area contributed by atoms with E-state index in [-0.39, 0.29) is 5.56 Å². The third-order valence-corrected chi connectivity index (χ3v) is 2.43. The van der Waals surface area contributed by atoms with Crippen LogP contribution in [-0.4, -0.2) is 12.1 Å². The molecule has 0 saturated heterocycles. The van der Waals surface area contributed by atoms with Gasteiger partial charge in [0, 0.05) is 5.56 Å². The van der Waals surface area contributed by atoms with E-state index in [0.717, 1.165) is 12.1 Å². The van der Waals surface area contributed by atoms with E-state index in [2.05, 4.69) is 4.74 Å². The van der Waals surface area contributed by atoms with Crippen LogP contribution >= 0.6 is 0 Å². The Morgan fingerprint density at radius 1 is 1.26 bits per heavy atom. The van der Waals surface area contributed by atoms with E-state index in [4.69, 9.17) is 4.42 Å². The Morgan fingerprint density at radius 2 is 2.00 bits per heavy atom. The molecule has 0 aliphatic rings. The summed E-state index contributed by atoms with van der Waals surface area (Å²) in [5.41, 5.74) is 0.412. The van der Waals surface area contributed by atoms with E-state index < -0.39 is 17.9 Å². The van der Waals surface area contributed by atoms with Gasteiger partial charge in [-0.3, -0.25) is 4.79 Å². The van der Waals surface area contributed by atoms with Crippen LogP contribution in [0.1, 0.15) is 21.7 Å². The predicted octanol–water partition coefficient (Wildman–Crippen LogP) is 3.72. The van der Waals surface area contributed by atoms with Gasteiger partial charge in [-0.05, 0) is 25.1 Å². The molecule has 2 rings (SSSR count). The molecule has 0 fully saturated rings. The van der Waals surface area contributed by atoms with Gasteiger partial charge in [-0.2, -0.15) is 0 Å². The number of hydrogen-bond acceptors (Lipinski definition) is 3. The molecule has 2 aromatic rings. The van der Waals surface area contributed by atoms with Gasteiger partial charge in [0.2, 0.25) is 0 Å². The van der Waals surface area contributed by atoms with Crippen LogP contribution in [0, 0.1) is 6.92 Å². The summed E-state index contributed by atoms with van der Waals surface area (Å²) < 4.78 is 45.0. The van der Waals surface area contributed by atoms with E-state index in [0.29, 0.717) is 11.3 Å². The minimum Gasteiger partial charge on any atom is -0.469 e. The highest BCUT2D eigenvalue weighted by Gasteiger charge is 2.31. The molecular weight excluding hydrogens is 261 g/mol. The maximum Gasteiger partial charge on any atom is 0.573 e. The van der Waals surface area contributed by atoms with Crippen molar-refractivity contribution >= 4 is 5.78 Å². The number of hydrogen-bond donors (Lipinski definition) is 0. The number of alkyl halides is 3. The van der Waals surface area contributed by atoms with Crippen molar-refractivity contribution in [2.75, 3.05) is 0 Å². The van der Waals surface area contributed by atoms with Crippen LogP contribution < -0.4 is 4.74 Å². The molecule has 0 aliphatic carbocycles. The number of halogens is 3. The fourth-order valence-electron chi connectivity index (χ4n) is 1.61. The van der Waals surface area contributed by atoms with Gasteiger partial charge >= 0.3 is 6.36 Å². The second-order valence-corrected chi connectivity index (χ2v) is 3.80. The van der Waals surface area contributed by atoms with Gasteiger partial charge in [-0.15, -0.1) is 13.2 Å². The number of furan rings is 1. The van der Waals surface area contributed by atoms with Crippen LogP contribution in [0.25, 0.3) is 0 Å². The molecule has 0 bridgehead atoms. The Labute approximate surface area is 106 Å². The molecule has 6 heteroatoms. The van der Waals surface area contributed by atoms with Crippen LogP contribution in [-0.2, 0) is 0 Å². The van der Waals surface area contributed by atoms with Crippen molar-refractivity contribution in [3.05, 3.63) is 53.5 Å². The minimum absolute atomic E-state index is 0.103. The normalized spacial score (nSPS) is 11.4. The highest BCUT2D eigenvalue weighted by molar-refractivity contribution is 6.09. The lowest BCUT2D eigenvalue weighted by Crippen LogP contribution is -2.17. The molecule has 0 spiro atoms. The molecule has 0 unspecified atom stereocenters. The second kappa shape index (κ2) is 4.79. The van der Waals surface area contributed by atoms with E-state index in [1.807, 2.05) is 0 Å². The summed E-state index contributed by atoms with van der Waals surface area (Å²) in [5, 5.41) is 0. The van der Waals surface area contributed by atoms with Crippen LogP contribution in [0.5, 0.6) is 5.75 Å². The standard InChI is InChI=1S/C13H9F3O3/c1-8-11(5-6-18-8)12(17)9-3-2-4-10(7-9)19-13(14,15)16/h2-7H,1H3. The first kappa shape index (κ1) is 13.2. The van der Waals surface area contributed by atoms with E-state index >= 15 is 0 Å². The topological polar surface area (TPSA) is 39.4 Å². The second-order valence-electron chi connectivity index (χ2n) is 3.80. The molecule has 1 aromatic heterocycles. The number of aryl methyl sites for hydroxylation is 1. The molecular formula is C13H9F3O3. The summed E-state index contributed by atoms with van der Waals surface area (Å²) >= 11 is 0. The van der Waals surface area contributed by atoms with Crippen LogP contribution in [0.15, 0.2) is 41.0 Å². The van der Waals surface area contributed by atoms with Gasteiger partial charge < -0.3 is 9.15 Å². The Kier molecular flexibility index (Phi) is 3.33. The Bertz CT molecular complexity index is 599. The summed E-state index contributed by atoms with van der Waals surface area (Å²) in [4.78, 5) is 12.0. The average Bonchev–Trinajstić information content (AvgIpc) is 2.72. The van der Waals surface area contributed by atoms with Crippen molar-refractivity contribution in [3.63, 3.8) is 0 Å². The monoisotopic (exact) mass is 270 g/mol. The molecule has 19 heavy (non-hydrogen) atoms. The van der Waals surface area contributed by atoms with Gasteiger partial charge in [0.1, 0.15) is 11.5 Å². The SMILES string of the molecule is Cc1occc1C(=O)c1cccc(OC(F)(F)F)c1. The molecule has 0 radical (unpaired) electrons. The first-order valence-electron chi connectivity index (χ1n) is 5.31. The van der Waals surface area contributed by atoms with E-state index in [1.165, 1.54) is 24.5 Å². The molecule has 0 amide bonds. The van der Waals surface area contributed by atoms with Gasteiger partial charge in [0.15, 0.2) is 5.78 Å². The molecule has 100 valence electrons. The first-order valence-corrected chi connectivity index (χ1v) is 5.31. The maximum absolute atomic E-state index is 12.1. The third kappa shape index (κ3) is 3.15. The van der Waals surface area contributed by atoms with Gasteiger partial charge in [-0.1, -0.05) is 12.1 Å². The van der Waals surface area contributed by atoms with E-state index in [9.17, 15) is 18.0 Å². The molecule has 0 atom stereocenters. The lowest BCUT2D eigenvalue weighted by atomic mass is 10.0. The van der Waals surface area contributed by atoms with Crippen molar-refractivity contribution in [2.45, 2.75) is 13.3 Å². The lowest BCUT2D eigenvalue weighted by Gasteiger charge is -2.09. The van der Waals surface area contributed by atoms with Crippen LogP contribution in [0.2, 0.25) is 0 Å². The lowest BCUT2D eigenvalue weighted by molar-refractivity contribution is -0.274. The fraction of sp³-hybridized carbons (Fsp3) is 0.154. The smallest absolute Gasteiger partial charge is 0.469 e. The number of carbonyl (C=O) groups excluding carboxylic acids is 1. The summed E-state index contributed by atoms with van der Waals surface area (Å²) in [6, 6.07) is 6.38. The summed E-state index contributed by atoms with van der Waals surface area (Å²) in [7, 11) is 0. The average molecular weight is 270 g/mol. The molecule has 0 saturated carbocycles. The Hall–Kier alpha value is -2.24. The van der Waals surface area contributed by atoms with Crippen LogP contribution in [0.4, 0.5) is 13.2 Å². The van der Waals surface area contributed by atoms with Crippen molar-refractivity contribution in [2.24, 2.45) is 0 Å². The van der Waals surface area contributed by atoms with Gasteiger partial charge in [-0.25, -0.2) is 0 Å². The summed E-state index contributed by atoms with van der Waals surface area (Å²) in [5.74, 6) is -0.439. The zero-order chi connectivity index (χ0) is 14.0. The Balaban J connectivity index is 2.29. The number of ketones is 1. The summed E-state index contributed by atoms with van der Waals surface area (Å²) in [6.45, 7) is 1.60. The highest BCUT2D eigenvalue weighted by atomic mass is 19.4. The van der Waals surface area contributed by atoms with Crippen molar-refractivity contribution < 1.29 is 27.1 Å². The Morgan fingerprint density at radius 3 is 2.58 bits per heavy atom. The molecule has 1 aromatic carbocycles.